The SMILES string of the molecule is CC(C)c1noc(CCNC(=O)C2CNNC2c2ccccc2)n1. The van der Waals surface area contributed by atoms with Crippen LogP contribution in [0.3, 0.4) is 0 Å². The van der Waals surface area contributed by atoms with Gasteiger partial charge in [0.1, 0.15) is 0 Å². The molecule has 1 aromatic heterocycles. The lowest BCUT2D eigenvalue weighted by Crippen LogP contribution is -2.36. The molecule has 3 N–H and O–H groups in total. The fraction of sp³-hybridized carbons (Fsp3) is 0.471. The van der Waals surface area contributed by atoms with Crippen LogP contribution in [0.15, 0.2) is 34.9 Å². The van der Waals surface area contributed by atoms with E-state index in [0.717, 1.165) is 5.56 Å². The van der Waals surface area contributed by atoms with Crippen LogP contribution in [0.4, 0.5) is 0 Å². The lowest BCUT2D eigenvalue weighted by Gasteiger charge is -2.18. The summed E-state index contributed by atoms with van der Waals surface area (Å²) < 4.78 is 5.19. The van der Waals surface area contributed by atoms with Crippen LogP contribution in [0, 0.1) is 5.92 Å². The van der Waals surface area contributed by atoms with E-state index in [1.54, 1.807) is 0 Å². The molecule has 128 valence electrons. The summed E-state index contributed by atoms with van der Waals surface area (Å²) >= 11 is 0. The van der Waals surface area contributed by atoms with E-state index in [0.29, 0.717) is 31.2 Å². The summed E-state index contributed by atoms with van der Waals surface area (Å²) in [6, 6.07) is 9.95. The fourth-order valence-electron chi connectivity index (χ4n) is 2.75. The Morgan fingerprint density at radius 1 is 1.38 bits per heavy atom. The van der Waals surface area contributed by atoms with Crippen molar-refractivity contribution >= 4 is 5.91 Å². The van der Waals surface area contributed by atoms with Crippen molar-refractivity contribution in [2.45, 2.75) is 32.2 Å². The van der Waals surface area contributed by atoms with Gasteiger partial charge in [-0.1, -0.05) is 49.3 Å². The average molecular weight is 329 g/mol. The maximum atomic E-state index is 12.5. The van der Waals surface area contributed by atoms with Gasteiger partial charge in [-0.3, -0.25) is 10.2 Å². The van der Waals surface area contributed by atoms with Crippen LogP contribution in [-0.4, -0.2) is 29.1 Å². The molecule has 0 bridgehead atoms. The minimum absolute atomic E-state index is 0.0185. The molecular weight excluding hydrogens is 306 g/mol. The van der Waals surface area contributed by atoms with Crippen LogP contribution in [0.1, 0.15) is 43.1 Å². The van der Waals surface area contributed by atoms with Crippen molar-refractivity contribution in [3.63, 3.8) is 0 Å². The zero-order valence-electron chi connectivity index (χ0n) is 14.0. The highest BCUT2D eigenvalue weighted by Gasteiger charge is 2.33. The molecule has 2 heterocycles. The molecule has 7 nitrogen and oxygen atoms in total. The van der Waals surface area contributed by atoms with Crippen molar-refractivity contribution in [1.82, 2.24) is 26.3 Å². The number of rotatable bonds is 6. The summed E-state index contributed by atoms with van der Waals surface area (Å²) in [6.45, 7) is 5.11. The summed E-state index contributed by atoms with van der Waals surface area (Å²) in [5.41, 5.74) is 7.35. The molecule has 1 amide bonds. The number of nitrogens with one attached hydrogen (secondary N) is 3. The number of nitrogens with zero attached hydrogens (tertiary/aromatic N) is 2. The molecule has 0 radical (unpaired) electrons. The van der Waals surface area contributed by atoms with Gasteiger partial charge in [0.2, 0.25) is 11.8 Å². The largest absolute Gasteiger partial charge is 0.355 e. The van der Waals surface area contributed by atoms with Crippen molar-refractivity contribution < 1.29 is 9.32 Å². The van der Waals surface area contributed by atoms with Crippen LogP contribution in [0.25, 0.3) is 0 Å². The van der Waals surface area contributed by atoms with E-state index in [4.69, 9.17) is 4.52 Å². The third kappa shape index (κ3) is 3.80. The van der Waals surface area contributed by atoms with Gasteiger partial charge in [0.15, 0.2) is 5.82 Å². The normalized spacial score (nSPS) is 20.5. The first-order chi connectivity index (χ1) is 11.6. The fourth-order valence-corrected chi connectivity index (χ4v) is 2.75. The topological polar surface area (TPSA) is 92.1 Å². The molecule has 2 atom stereocenters. The second-order valence-electron chi connectivity index (χ2n) is 6.26. The molecule has 24 heavy (non-hydrogen) atoms. The second-order valence-corrected chi connectivity index (χ2v) is 6.26. The van der Waals surface area contributed by atoms with Gasteiger partial charge >= 0.3 is 0 Å². The van der Waals surface area contributed by atoms with Crippen LogP contribution < -0.4 is 16.2 Å². The van der Waals surface area contributed by atoms with Crippen molar-refractivity contribution in [2.24, 2.45) is 5.92 Å². The predicted octanol–water partition coefficient (Wildman–Crippen LogP) is 1.32. The molecule has 1 saturated heterocycles. The van der Waals surface area contributed by atoms with Gasteiger partial charge in [-0.05, 0) is 5.56 Å². The van der Waals surface area contributed by atoms with E-state index in [1.165, 1.54) is 0 Å². The predicted molar refractivity (Wildman–Crippen MR) is 88.9 cm³/mol. The number of carbonyl (C=O) groups excluding carboxylic acids is 1. The first-order valence-electron chi connectivity index (χ1n) is 8.28. The monoisotopic (exact) mass is 329 g/mol. The van der Waals surface area contributed by atoms with Gasteiger partial charge in [-0.15, -0.1) is 0 Å². The highest BCUT2D eigenvalue weighted by molar-refractivity contribution is 5.80. The summed E-state index contributed by atoms with van der Waals surface area (Å²) in [5.74, 6) is 1.36. The van der Waals surface area contributed by atoms with Gasteiger partial charge in [0.05, 0.1) is 12.0 Å². The Morgan fingerprint density at radius 2 is 2.17 bits per heavy atom. The van der Waals surface area contributed by atoms with E-state index in [-0.39, 0.29) is 23.8 Å². The highest BCUT2D eigenvalue weighted by atomic mass is 16.5. The number of carbonyl (C=O) groups is 1. The zero-order valence-corrected chi connectivity index (χ0v) is 14.0. The number of hydrogen-bond donors (Lipinski definition) is 3. The molecule has 0 saturated carbocycles. The maximum absolute atomic E-state index is 12.5. The number of hydrogen-bond acceptors (Lipinski definition) is 6. The standard InChI is InChI=1S/C17H23N5O2/c1-11(2)16-20-14(24-22-16)8-9-18-17(23)13-10-19-21-15(13)12-6-4-3-5-7-12/h3-7,11,13,15,19,21H,8-10H2,1-2H3,(H,18,23). The number of amides is 1. The van der Waals surface area contributed by atoms with E-state index in [2.05, 4.69) is 26.3 Å². The Bertz CT molecular complexity index is 671. The maximum Gasteiger partial charge on any atom is 0.228 e. The molecular formula is C17H23N5O2. The molecule has 1 aliphatic rings. The van der Waals surface area contributed by atoms with Crippen LogP contribution in [0.5, 0.6) is 0 Å². The van der Waals surface area contributed by atoms with Gasteiger partial charge in [-0.25, -0.2) is 5.43 Å². The van der Waals surface area contributed by atoms with Crippen LogP contribution in [0.2, 0.25) is 0 Å². The Balaban J connectivity index is 1.52. The first kappa shape index (κ1) is 16.6. The summed E-state index contributed by atoms with van der Waals surface area (Å²) in [7, 11) is 0. The molecule has 1 aliphatic heterocycles. The first-order valence-corrected chi connectivity index (χ1v) is 8.28. The molecule has 3 rings (SSSR count). The molecule has 7 heteroatoms. The van der Waals surface area contributed by atoms with E-state index >= 15 is 0 Å². The van der Waals surface area contributed by atoms with Gasteiger partial charge in [0, 0.05) is 25.4 Å². The minimum atomic E-state index is -0.152. The van der Waals surface area contributed by atoms with Crippen molar-refractivity contribution in [1.29, 1.82) is 0 Å². The number of hydrazine groups is 1. The number of aromatic nitrogens is 2. The van der Waals surface area contributed by atoms with E-state index in [9.17, 15) is 4.79 Å². The van der Waals surface area contributed by atoms with E-state index < -0.39 is 0 Å². The van der Waals surface area contributed by atoms with Crippen LogP contribution >= 0.6 is 0 Å². The van der Waals surface area contributed by atoms with Crippen molar-refractivity contribution in [3.05, 3.63) is 47.6 Å². The van der Waals surface area contributed by atoms with Crippen molar-refractivity contribution in [3.8, 4) is 0 Å². The van der Waals surface area contributed by atoms with Crippen LogP contribution in [-0.2, 0) is 11.2 Å². The molecule has 2 aromatic rings. The Morgan fingerprint density at radius 3 is 2.88 bits per heavy atom. The summed E-state index contributed by atoms with van der Waals surface area (Å²) in [6.07, 6.45) is 0.537. The van der Waals surface area contributed by atoms with Crippen molar-refractivity contribution in [2.75, 3.05) is 13.1 Å². The minimum Gasteiger partial charge on any atom is -0.355 e. The molecule has 2 unspecified atom stereocenters. The molecule has 0 aliphatic carbocycles. The quantitative estimate of drug-likeness (QED) is 0.740. The lowest BCUT2D eigenvalue weighted by atomic mass is 9.94. The lowest BCUT2D eigenvalue weighted by molar-refractivity contribution is -0.124. The van der Waals surface area contributed by atoms with E-state index in [1.807, 2.05) is 44.2 Å². The zero-order chi connectivity index (χ0) is 16.9. The Hall–Kier alpha value is -2.25. The third-order valence-corrected chi connectivity index (χ3v) is 4.12. The number of benzene rings is 1. The molecule has 1 aromatic carbocycles. The highest BCUT2D eigenvalue weighted by Crippen LogP contribution is 2.24. The summed E-state index contributed by atoms with van der Waals surface area (Å²) in [4.78, 5) is 16.8. The average Bonchev–Trinajstić information content (AvgIpc) is 3.25. The Labute approximate surface area is 141 Å². The third-order valence-electron chi connectivity index (χ3n) is 4.12. The summed E-state index contributed by atoms with van der Waals surface area (Å²) in [5, 5.41) is 6.89. The molecule has 1 fully saturated rings. The Kier molecular flexibility index (Phi) is 5.22. The van der Waals surface area contributed by atoms with Gasteiger partial charge < -0.3 is 9.84 Å². The van der Waals surface area contributed by atoms with Gasteiger partial charge in [0.25, 0.3) is 0 Å². The second kappa shape index (κ2) is 7.55. The van der Waals surface area contributed by atoms with Gasteiger partial charge in [-0.2, -0.15) is 4.98 Å². The smallest absolute Gasteiger partial charge is 0.228 e. The molecule has 0 spiro atoms.